The molecule has 0 fully saturated rings. The second-order valence-electron chi connectivity index (χ2n) is 5.76. The minimum absolute atomic E-state index is 0.0338. The number of carbonyl (C=O) groups is 2. The van der Waals surface area contributed by atoms with Crippen LogP contribution in [0.15, 0.2) is 24.3 Å². The van der Waals surface area contributed by atoms with Crippen LogP contribution in [0.4, 0.5) is 4.79 Å². The van der Waals surface area contributed by atoms with Crippen molar-refractivity contribution in [2.75, 3.05) is 6.54 Å². The van der Waals surface area contributed by atoms with Crippen LogP contribution in [0.3, 0.4) is 0 Å². The number of nitrogens with two attached hydrogens (primary N) is 2. The van der Waals surface area contributed by atoms with Crippen molar-refractivity contribution in [2.24, 2.45) is 11.5 Å². The number of primary amides is 1. The van der Waals surface area contributed by atoms with Crippen molar-refractivity contribution in [3.05, 3.63) is 35.4 Å². The number of amides is 3. The zero-order chi connectivity index (χ0) is 17.2. The van der Waals surface area contributed by atoms with Gasteiger partial charge in [-0.1, -0.05) is 44.0 Å². The van der Waals surface area contributed by atoms with Gasteiger partial charge in [-0.3, -0.25) is 4.79 Å². The first-order chi connectivity index (χ1) is 11.0. The molecule has 1 aromatic rings. The summed E-state index contributed by atoms with van der Waals surface area (Å²) in [4.78, 5) is 23.5. The van der Waals surface area contributed by atoms with Crippen LogP contribution in [0.5, 0.6) is 0 Å². The molecule has 0 aliphatic carbocycles. The van der Waals surface area contributed by atoms with Crippen molar-refractivity contribution < 1.29 is 9.59 Å². The molecule has 1 rings (SSSR count). The first kappa shape index (κ1) is 19.0. The van der Waals surface area contributed by atoms with E-state index in [4.69, 9.17) is 11.5 Å². The van der Waals surface area contributed by atoms with E-state index in [1.807, 2.05) is 31.2 Å². The van der Waals surface area contributed by atoms with Crippen LogP contribution in [0, 0.1) is 6.92 Å². The monoisotopic (exact) mass is 320 g/mol. The zero-order valence-corrected chi connectivity index (χ0v) is 14.0. The van der Waals surface area contributed by atoms with Crippen molar-refractivity contribution in [3.63, 3.8) is 0 Å². The van der Waals surface area contributed by atoms with E-state index in [0.29, 0.717) is 6.54 Å². The highest BCUT2D eigenvalue weighted by atomic mass is 16.2. The van der Waals surface area contributed by atoms with E-state index in [1.165, 1.54) is 0 Å². The third kappa shape index (κ3) is 6.69. The Bertz CT molecular complexity index is 519. The van der Waals surface area contributed by atoms with Gasteiger partial charge >= 0.3 is 6.03 Å². The second kappa shape index (κ2) is 9.84. The number of hydrogen-bond acceptors (Lipinski definition) is 3. The molecule has 3 amide bonds. The molecule has 6 N–H and O–H groups in total. The van der Waals surface area contributed by atoms with Gasteiger partial charge in [-0.2, -0.15) is 0 Å². The lowest BCUT2D eigenvalue weighted by molar-refractivity contribution is -0.122. The van der Waals surface area contributed by atoms with Crippen LogP contribution in [-0.4, -0.2) is 24.5 Å². The van der Waals surface area contributed by atoms with Crippen LogP contribution in [-0.2, 0) is 4.79 Å². The molecule has 0 saturated heterocycles. The van der Waals surface area contributed by atoms with Crippen LogP contribution in [0.25, 0.3) is 0 Å². The Labute approximate surface area is 138 Å². The molecule has 0 radical (unpaired) electrons. The number of nitrogens with one attached hydrogen (secondary N) is 2. The molecule has 6 nitrogen and oxygen atoms in total. The Balaban J connectivity index is 2.75. The minimum Gasteiger partial charge on any atom is -0.352 e. The maximum atomic E-state index is 12.3. The molecule has 0 heterocycles. The fourth-order valence-electron chi connectivity index (χ4n) is 2.56. The molecule has 1 aromatic carbocycles. The van der Waals surface area contributed by atoms with E-state index < -0.39 is 12.1 Å². The SMILES string of the molecule is CCCCC(CN)NC(=O)CC(NC(N)=O)c1ccccc1C. The molecule has 6 heteroatoms. The van der Waals surface area contributed by atoms with Gasteiger partial charge in [0, 0.05) is 12.6 Å². The molecule has 2 atom stereocenters. The largest absolute Gasteiger partial charge is 0.352 e. The van der Waals surface area contributed by atoms with Crippen LogP contribution in [0.2, 0.25) is 0 Å². The van der Waals surface area contributed by atoms with Gasteiger partial charge in [0.2, 0.25) is 5.91 Å². The molecular weight excluding hydrogens is 292 g/mol. The minimum atomic E-state index is -0.646. The number of unbranched alkanes of at least 4 members (excludes halogenated alkanes) is 1. The Morgan fingerprint density at radius 3 is 2.48 bits per heavy atom. The molecule has 0 aliphatic heterocycles. The molecule has 2 unspecified atom stereocenters. The molecule has 0 aliphatic rings. The van der Waals surface area contributed by atoms with E-state index in [2.05, 4.69) is 17.6 Å². The highest BCUT2D eigenvalue weighted by molar-refractivity contribution is 5.79. The van der Waals surface area contributed by atoms with Gasteiger partial charge in [-0.15, -0.1) is 0 Å². The summed E-state index contributed by atoms with van der Waals surface area (Å²) in [5.74, 6) is -0.140. The zero-order valence-electron chi connectivity index (χ0n) is 14.0. The number of benzene rings is 1. The van der Waals surface area contributed by atoms with Crippen molar-refractivity contribution in [1.82, 2.24) is 10.6 Å². The summed E-state index contributed by atoms with van der Waals surface area (Å²) in [6.45, 7) is 4.44. The molecule has 0 bridgehead atoms. The topological polar surface area (TPSA) is 110 Å². The second-order valence-corrected chi connectivity index (χ2v) is 5.76. The van der Waals surface area contributed by atoms with Crippen LogP contribution in [0.1, 0.15) is 49.8 Å². The van der Waals surface area contributed by atoms with Gasteiger partial charge in [0.05, 0.1) is 12.5 Å². The first-order valence-electron chi connectivity index (χ1n) is 8.08. The van der Waals surface area contributed by atoms with Crippen molar-refractivity contribution >= 4 is 11.9 Å². The molecule has 0 spiro atoms. The number of carbonyl (C=O) groups excluding carboxylic acids is 2. The third-order valence-corrected chi connectivity index (χ3v) is 3.83. The van der Waals surface area contributed by atoms with Crippen LogP contribution >= 0.6 is 0 Å². The number of rotatable bonds is 9. The molecule has 128 valence electrons. The van der Waals surface area contributed by atoms with Crippen molar-refractivity contribution in [1.29, 1.82) is 0 Å². The lowest BCUT2D eigenvalue weighted by Crippen LogP contribution is -2.42. The quantitative estimate of drug-likeness (QED) is 0.556. The standard InChI is InChI=1S/C17H28N4O2/c1-3-4-8-13(11-18)20-16(22)10-15(21-17(19)23)14-9-6-5-7-12(14)2/h5-7,9,13,15H,3-4,8,10-11,18H2,1-2H3,(H,20,22)(H3,19,21,23). The fraction of sp³-hybridized carbons (Fsp3) is 0.529. The van der Waals surface area contributed by atoms with E-state index in [9.17, 15) is 9.59 Å². The van der Waals surface area contributed by atoms with E-state index in [1.54, 1.807) is 0 Å². The van der Waals surface area contributed by atoms with Gasteiger partial charge < -0.3 is 22.1 Å². The van der Waals surface area contributed by atoms with Gasteiger partial charge in [-0.05, 0) is 24.5 Å². The predicted octanol–water partition coefficient (Wildman–Crippen LogP) is 1.73. The van der Waals surface area contributed by atoms with Gasteiger partial charge in [0.1, 0.15) is 0 Å². The Hall–Kier alpha value is -2.08. The van der Waals surface area contributed by atoms with E-state index in [-0.39, 0.29) is 18.4 Å². The Morgan fingerprint density at radius 1 is 1.22 bits per heavy atom. The summed E-state index contributed by atoms with van der Waals surface area (Å²) in [6.07, 6.45) is 3.07. The number of hydrogen-bond donors (Lipinski definition) is 4. The lowest BCUT2D eigenvalue weighted by atomic mass is 9.98. The summed E-state index contributed by atoms with van der Waals surface area (Å²) in [5.41, 5.74) is 12.8. The highest BCUT2D eigenvalue weighted by Crippen LogP contribution is 2.20. The fourth-order valence-corrected chi connectivity index (χ4v) is 2.56. The normalized spacial score (nSPS) is 13.2. The maximum Gasteiger partial charge on any atom is 0.312 e. The Morgan fingerprint density at radius 2 is 1.91 bits per heavy atom. The number of urea groups is 1. The molecule has 0 saturated carbocycles. The number of aryl methyl sites for hydroxylation is 1. The predicted molar refractivity (Wildman–Crippen MR) is 91.8 cm³/mol. The van der Waals surface area contributed by atoms with Gasteiger partial charge in [0.15, 0.2) is 0 Å². The van der Waals surface area contributed by atoms with Gasteiger partial charge in [0.25, 0.3) is 0 Å². The highest BCUT2D eigenvalue weighted by Gasteiger charge is 2.20. The van der Waals surface area contributed by atoms with Crippen molar-refractivity contribution in [3.8, 4) is 0 Å². The molecule has 23 heavy (non-hydrogen) atoms. The average molecular weight is 320 g/mol. The van der Waals surface area contributed by atoms with E-state index in [0.717, 1.165) is 30.4 Å². The van der Waals surface area contributed by atoms with E-state index >= 15 is 0 Å². The smallest absolute Gasteiger partial charge is 0.312 e. The molecule has 0 aromatic heterocycles. The third-order valence-electron chi connectivity index (χ3n) is 3.83. The van der Waals surface area contributed by atoms with Gasteiger partial charge in [-0.25, -0.2) is 4.79 Å². The van der Waals surface area contributed by atoms with Crippen molar-refractivity contribution in [2.45, 2.75) is 51.6 Å². The first-order valence-corrected chi connectivity index (χ1v) is 8.08. The summed E-state index contributed by atoms with van der Waals surface area (Å²) in [5, 5.41) is 5.59. The maximum absolute atomic E-state index is 12.3. The summed E-state index contributed by atoms with van der Waals surface area (Å²) < 4.78 is 0. The van der Waals surface area contributed by atoms with Crippen LogP contribution < -0.4 is 22.1 Å². The summed E-state index contributed by atoms with van der Waals surface area (Å²) >= 11 is 0. The lowest BCUT2D eigenvalue weighted by Gasteiger charge is -2.22. The Kier molecular flexibility index (Phi) is 8.11. The average Bonchev–Trinajstić information content (AvgIpc) is 2.50. The molecular formula is C17H28N4O2. The summed E-state index contributed by atoms with van der Waals surface area (Å²) in [7, 11) is 0. The summed E-state index contributed by atoms with van der Waals surface area (Å²) in [6, 6.07) is 6.49.